The van der Waals surface area contributed by atoms with E-state index in [1.807, 2.05) is 0 Å². The van der Waals surface area contributed by atoms with Crippen molar-refractivity contribution in [1.29, 1.82) is 0 Å². The van der Waals surface area contributed by atoms with Crippen molar-refractivity contribution in [3.8, 4) is 5.75 Å². The lowest BCUT2D eigenvalue weighted by Gasteiger charge is -2.08. The van der Waals surface area contributed by atoms with Gasteiger partial charge in [0.05, 0.1) is 5.56 Å². The molecule has 0 aliphatic heterocycles. The first-order valence-electron chi connectivity index (χ1n) is 5.70. The van der Waals surface area contributed by atoms with Crippen LogP contribution in [0.4, 0.5) is 20.2 Å². The molecule has 0 saturated carbocycles. The van der Waals surface area contributed by atoms with E-state index in [0.29, 0.717) is 11.4 Å². The molecular formula is C14H11F2NO3. The smallest absolute Gasteiger partial charge is 0.387 e. The second-order valence-electron chi connectivity index (χ2n) is 3.91. The van der Waals surface area contributed by atoms with Crippen LogP contribution in [0.2, 0.25) is 0 Å². The summed E-state index contributed by atoms with van der Waals surface area (Å²) in [5, 5.41) is 11.8. The summed E-state index contributed by atoms with van der Waals surface area (Å²) in [6.07, 6.45) is 0. The van der Waals surface area contributed by atoms with E-state index in [1.165, 1.54) is 24.3 Å². The fourth-order valence-electron chi connectivity index (χ4n) is 1.58. The molecule has 4 nitrogen and oxygen atoms in total. The lowest BCUT2D eigenvalue weighted by molar-refractivity contribution is -0.0498. The second kappa shape index (κ2) is 6.01. The average molecular weight is 279 g/mol. The second-order valence-corrected chi connectivity index (χ2v) is 3.91. The van der Waals surface area contributed by atoms with Crippen molar-refractivity contribution in [3.05, 3.63) is 54.1 Å². The summed E-state index contributed by atoms with van der Waals surface area (Å²) >= 11 is 0. The normalized spacial score (nSPS) is 10.3. The number of halogens is 2. The number of ether oxygens (including phenoxy) is 1. The zero-order valence-corrected chi connectivity index (χ0v) is 10.2. The molecule has 2 aromatic carbocycles. The Morgan fingerprint density at radius 3 is 1.95 bits per heavy atom. The maximum atomic E-state index is 12.0. The minimum absolute atomic E-state index is 0.0757. The van der Waals surface area contributed by atoms with Gasteiger partial charge in [0.25, 0.3) is 0 Å². The van der Waals surface area contributed by atoms with Crippen molar-refractivity contribution < 1.29 is 23.4 Å². The van der Waals surface area contributed by atoms with Gasteiger partial charge in [-0.3, -0.25) is 0 Å². The number of aromatic carboxylic acids is 1. The molecule has 0 saturated heterocycles. The van der Waals surface area contributed by atoms with Crippen molar-refractivity contribution in [1.82, 2.24) is 0 Å². The first kappa shape index (κ1) is 13.8. The molecule has 0 heterocycles. The molecule has 0 aliphatic rings. The van der Waals surface area contributed by atoms with Crippen molar-refractivity contribution in [2.75, 3.05) is 5.32 Å². The number of anilines is 2. The Morgan fingerprint density at radius 1 is 1.00 bits per heavy atom. The Bertz CT molecular complexity index is 582. The third kappa shape index (κ3) is 3.68. The molecule has 0 atom stereocenters. The summed E-state index contributed by atoms with van der Waals surface area (Å²) in [4.78, 5) is 10.7. The van der Waals surface area contributed by atoms with Crippen LogP contribution in [0.15, 0.2) is 48.5 Å². The fourth-order valence-corrected chi connectivity index (χ4v) is 1.58. The van der Waals surface area contributed by atoms with Crippen molar-refractivity contribution >= 4 is 17.3 Å². The minimum Gasteiger partial charge on any atom is -0.478 e. The third-order valence-electron chi connectivity index (χ3n) is 2.50. The molecule has 0 aliphatic carbocycles. The maximum absolute atomic E-state index is 12.0. The molecule has 0 spiro atoms. The van der Waals surface area contributed by atoms with Crippen LogP contribution in [0.1, 0.15) is 10.4 Å². The Kier molecular flexibility index (Phi) is 4.14. The molecule has 0 amide bonds. The van der Waals surface area contributed by atoms with Gasteiger partial charge < -0.3 is 15.2 Å². The average Bonchev–Trinajstić information content (AvgIpc) is 2.41. The van der Waals surface area contributed by atoms with Gasteiger partial charge in [-0.1, -0.05) is 0 Å². The van der Waals surface area contributed by atoms with Gasteiger partial charge in [-0.05, 0) is 48.5 Å². The van der Waals surface area contributed by atoms with Crippen molar-refractivity contribution in [3.63, 3.8) is 0 Å². The van der Waals surface area contributed by atoms with Gasteiger partial charge in [-0.25, -0.2) is 4.79 Å². The van der Waals surface area contributed by atoms with Gasteiger partial charge in [-0.15, -0.1) is 0 Å². The fraction of sp³-hybridized carbons (Fsp3) is 0.0714. The van der Waals surface area contributed by atoms with Crippen LogP contribution in [0, 0.1) is 0 Å². The predicted molar refractivity (Wildman–Crippen MR) is 69.8 cm³/mol. The summed E-state index contributed by atoms with van der Waals surface area (Å²) in [7, 11) is 0. The Labute approximate surface area is 113 Å². The summed E-state index contributed by atoms with van der Waals surface area (Å²) < 4.78 is 28.2. The quantitative estimate of drug-likeness (QED) is 0.875. The van der Waals surface area contributed by atoms with Crippen LogP contribution in [0.25, 0.3) is 0 Å². The topological polar surface area (TPSA) is 58.6 Å². The number of hydrogen-bond acceptors (Lipinski definition) is 3. The van der Waals surface area contributed by atoms with E-state index in [1.54, 1.807) is 24.3 Å². The monoisotopic (exact) mass is 279 g/mol. The number of carboxylic acid groups (broad SMARTS) is 1. The highest BCUT2D eigenvalue weighted by Crippen LogP contribution is 2.21. The minimum atomic E-state index is -2.85. The maximum Gasteiger partial charge on any atom is 0.387 e. The molecule has 6 heteroatoms. The highest BCUT2D eigenvalue weighted by Gasteiger charge is 2.04. The largest absolute Gasteiger partial charge is 0.478 e. The lowest BCUT2D eigenvalue weighted by Crippen LogP contribution is -2.01. The number of hydrogen-bond donors (Lipinski definition) is 2. The van der Waals surface area contributed by atoms with Crippen LogP contribution >= 0.6 is 0 Å². The van der Waals surface area contributed by atoms with Gasteiger partial charge in [0.15, 0.2) is 0 Å². The van der Waals surface area contributed by atoms with Crippen LogP contribution in [0.3, 0.4) is 0 Å². The zero-order chi connectivity index (χ0) is 14.5. The zero-order valence-electron chi connectivity index (χ0n) is 10.2. The Morgan fingerprint density at radius 2 is 1.50 bits per heavy atom. The van der Waals surface area contributed by atoms with Gasteiger partial charge in [0.2, 0.25) is 0 Å². The van der Waals surface area contributed by atoms with E-state index in [0.717, 1.165) is 0 Å². The van der Waals surface area contributed by atoms with E-state index in [-0.39, 0.29) is 11.3 Å². The molecule has 0 unspecified atom stereocenters. The van der Waals surface area contributed by atoms with Gasteiger partial charge in [-0.2, -0.15) is 8.78 Å². The Hall–Kier alpha value is -2.63. The van der Waals surface area contributed by atoms with E-state index < -0.39 is 12.6 Å². The molecule has 0 bridgehead atoms. The molecule has 20 heavy (non-hydrogen) atoms. The van der Waals surface area contributed by atoms with E-state index in [4.69, 9.17) is 5.11 Å². The molecule has 2 rings (SSSR count). The van der Waals surface area contributed by atoms with Crippen LogP contribution in [-0.4, -0.2) is 17.7 Å². The highest BCUT2D eigenvalue weighted by molar-refractivity contribution is 5.88. The number of rotatable bonds is 5. The highest BCUT2D eigenvalue weighted by atomic mass is 19.3. The predicted octanol–water partition coefficient (Wildman–Crippen LogP) is 3.73. The molecule has 104 valence electrons. The first-order valence-corrected chi connectivity index (χ1v) is 5.70. The van der Waals surface area contributed by atoms with Gasteiger partial charge in [0.1, 0.15) is 5.75 Å². The summed E-state index contributed by atoms with van der Waals surface area (Å²) in [6, 6.07) is 12.2. The molecule has 0 fully saturated rings. The molecule has 0 aromatic heterocycles. The number of benzene rings is 2. The van der Waals surface area contributed by atoms with Gasteiger partial charge in [0, 0.05) is 11.4 Å². The third-order valence-corrected chi connectivity index (χ3v) is 2.50. The van der Waals surface area contributed by atoms with Crippen molar-refractivity contribution in [2.24, 2.45) is 0 Å². The summed E-state index contributed by atoms with van der Waals surface area (Å²) in [5.74, 6) is -0.920. The van der Waals surface area contributed by atoms with E-state index >= 15 is 0 Å². The number of carboxylic acids is 1. The molecular weight excluding hydrogens is 268 g/mol. The molecule has 0 radical (unpaired) electrons. The number of alkyl halides is 2. The summed E-state index contributed by atoms with van der Waals surface area (Å²) in [6.45, 7) is -2.85. The first-order chi connectivity index (χ1) is 9.54. The molecule has 2 aromatic rings. The van der Waals surface area contributed by atoms with Crippen LogP contribution < -0.4 is 10.1 Å². The summed E-state index contributed by atoms with van der Waals surface area (Å²) in [5.41, 5.74) is 1.56. The SMILES string of the molecule is O=C(O)c1ccc(Nc2ccc(OC(F)F)cc2)cc1. The van der Waals surface area contributed by atoms with Crippen molar-refractivity contribution in [2.45, 2.75) is 6.61 Å². The van der Waals surface area contributed by atoms with Crippen LogP contribution in [0.5, 0.6) is 5.75 Å². The number of nitrogens with one attached hydrogen (secondary N) is 1. The van der Waals surface area contributed by atoms with E-state index in [2.05, 4.69) is 10.1 Å². The van der Waals surface area contributed by atoms with Gasteiger partial charge >= 0.3 is 12.6 Å². The number of carbonyl (C=O) groups is 1. The lowest BCUT2D eigenvalue weighted by atomic mass is 10.2. The van der Waals surface area contributed by atoms with Crippen LogP contribution in [-0.2, 0) is 0 Å². The standard InChI is InChI=1S/C14H11F2NO3/c15-14(16)20-12-7-5-11(6-8-12)17-10-3-1-9(2-4-10)13(18)19/h1-8,14,17H,(H,18,19). The molecule has 2 N–H and O–H groups in total. The van der Waals surface area contributed by atoms with E-state index in [9.17, 15) is 13.6 Å². The Balaban J connectivity index is 2.04.